The topological polar surface area (TPSA) is 59.0 Å². The zero-order valence-electron chi connectivity index (χ0n) is 19.6. The van der Waals surface area contributed by atoms with Gasteiger partial charge in [0, 0.05) is 66.1 Å². The van der Waals surface area contributed by atoms with Crippen LogP contribution in [0.4, 0.5) is 11.5 Å². The van der Waals surface area contributed by atoms with Crippen molar-refractivity contribution >= 4 is 33.3 Å². The third-order valence-corrected chi connectivity index (χ3v) is 6.51. The number of H-pyrrole nitrogens is 1. The highest BCUT2D eigenvalue weighted by molar-refractivity contribution is 5.86. The second-order valence-electron chi connectivity index (χ2n) is 8.56. The first-order valence-electron chi connectivity index (χ1n) is 11.3. The molecule has 33 heavy (non-hydrogen) atoms. The van der Waals surface area contributed by atoms with Gasteiger partial charge in [-0.1, -0.05) is 0 Å². The van der Waals surface area contributed by atoms with Gasteiger partial charge in [-0.25, -0.2) is 9.97 Å². The average Bonchev–Trinajstić information content (AvgIpc) is 3.37. The Morgan fingerprint density at radius 3 is 2.79 bits per heavy atom. The molecule has 0 fully saturated rings. The lowest BCUT2D eigenvalue weighted by molar-refractivity contribution is 0.415. The lowest BCUT2D eigenvalue weighted by atomic mass is 10.1. The van der Waals surface area contributed by atoms with Crippen LogP contribution in [0.5, 0.6) is 5.75 Å². The van der Waals surface area contributed by atoms with Gasteiger partial charge in [-0.15, -0.1) is 0 Å². The molecule has 0 aliphatic rings. The van der Waals surface area contributed by atoms with Crippen LogP contribution in [0.2, 0.25) is 0 Å². The number of nitrogens with one attached hydrogen (secondary N) is 1. The van der Waals surface area contributed by atoms with E-state index in [1.165, 1.54) is 27.5 Å². The summed E-state index contributed by atoms with van der Waals surface area (Å²) < 4.78 is 7.60. The van der Waals surface area contributed by atoms with E-state index in [1.807, 2.05) is 18.3 Å². The van der Waals surface area contributed by atoms with Crippen molar-refractivity contribution in [2.45, 2.75) is 26.2 Å². The van der Waals surface area contributed by atoms with E-state index in [1.54, 1.807) is 7.11 Å². The van der Waals surface area contributed by atoms with E-state index >= 15 is 0 Å². The standard InChI is InChI=1S/C27H29N5O/c1-18-14-20-15-21(8-11-25(20)31(18)2)32(3)27-12-13-28-26(30-27)7-5-6-19-17-29-24-10-9-22(33-4)16-23(19)24/h8-17,29H,5-7H2,1-4H3. The number of hydrogen-bond donors (Lipinski definition) is 1. The van der Waals surface area contributed by atoms with Crippen molar-refractivity contribution in [1.29, 1.82) is 0 Å². The summed E-state index contributed by atoms with van der Waals surface area (Å²) in [4.78, 5) is 14.8. The van der Waals surface area contributed by atoms with Gasteiger partial charge >= 0.3 is 0 Å². The van der Waals surface area contributed by atoms with E-state index in [9.17, 15) is 0 Å². The molecule has 3 heterocycles. The number of aromatic amines is 1. The van der Waals surface area contributed by atoms with Crippen LogP contribution >= 0.6 is 0 Å². The molecule has 1 N–H and O–H groups in total. The molecule has 168 valence electrons. The second kappa shape index (κ2) is 8.62. The third kappa shape index (κ3) is 4.04. The Hall–Kier alpha value is -3.80. The van der Waals surface area contributed by atoms with Gasteiger partial charge in [0.15, 0.2) is 0 Å². The van der Waals surface area contributed by atoms with Crippen LogP contribution in [-0.2, 0) is 19.9 Å². The van der Waals surface area contributed by atoms with Crippen LogP contribution in [0, 0.1) is 6.92 Å². The number of nitrogens with zero attached hydrogens (tertiary/aromatic N) is 4. The summed E-state index contributed by atoms with van der Waals surface area (Å²) in [7, 11) is 5.86. The molecule has 0 unspecified atom stereocenters. The molecule has 2 aromatic carbocycles. The summed E-state index contributed by atoms with van der Waals surface area (Å²) in [5.41, 5.74) is 6.04. The van der Waals surface area contributed by atoms with Crippen LogP contribution < -0.4 is 9.64 Å². The van der Waals surface area contributed by atoms with Crippen LogP contribution in [0.15, 0.2) is 60.9 Å². The van der Waals surface area contributed by atoms with Crippen LogP contribution in [-0.4, -0.2) is 33.7 Å². The number of anilines is 2. The Morgan fingerprint density at radius 2 is 1.94 bits per heavy atom. The smallest absolute Gasteiger partial charge is 0.136 e. The van der Waals surface area contributed by atoms with Gasteiger partial charge < -0.3 is 19.2 Å². The maximum Gasteiger partial charge on any atom is 0.136 e. The molecule has 0 radical (unpaired) electrons. The Morgan fingerprint density at radius 1 is 1.06 bits per heavy atom. The van der Waals surface area contributed by atoms with Gasteiger partial charge in [0.1, 0.15) is 17.4 Å². The van der Waals surface area contributed by atoms with Crippen molar-refractivity contribution < 1.29 is 4.74 Å². The number of rotatable bonds is 7. The summed E-state index contributed by atoms with van der Waals surface area (Å²) in [6.07, 6.45) is 6.72. The molecule has 0 aliphatic heterocycles. The van der Waals surface area contributed by atoms with Crippen molar-refractivity contribution in [2.24, 2.45) is 7.05 Å². The molecule has 0 atom stereocenters. The second-order valence-corrected chi connectivity index (χ2v) is 8.56. The molecule has 3 aromatic heterocycles. The quantitative estimate of drug-likeness (QED) is 0.353. The maximum absolute atomic E-state index is 5.38. The van der Waals surface area contributed by atoms with Crippen LogP contribution in [0.25, 0.3) is 21.8 Å². The monoisotopic (exact) mass is 439 g/mol. The highest BCUT2D eigenvalue weighted by atomic mass is 16.5. The number of ether oxygens (including phenoxy) is 1. The fourth-order valence-corrected chi connectivity index (χ4v) is 4.44. The Balaban J connectivity index is 1.29. The van der Waals surface area contributed by atoms with Gasteiger partial charge in [-0.05, 0) is 73.9 Å². The van der Waals surface area contributed by atoms with Crippen molar-refractivity contribution in [3.05, 3.63) is 78.0 Å². The molecule has 0 spiro atoms. The molecule has 5 aromatic rings. The summed E-state index contributed by atoms with van der Waals surface area (Å²) >= 11 is 0. The first-order chi connectivity index (χ1) is 16.0. The first-order valence-corrected chi connectivity index (χ1v) is 11.3. The van der Waals surface area contributed by atoms with E-state index < -0.39 is 0 Å². The zero-order chi connectivity index (χ0) is 22.9. The largest absolute Gasteiger partial charge is 0.497 e. The molecular formula is C27H29N5O. The summed E-state index contributed by atoms with van der Waals surface area (Å²) in [6.45, 7) is 2.13. The Labute approximate surface area is 193 Å². The molecule has 0 amide bonds. The van der Waals surface area contributed by atoms with E-state index in [-0.39, 0.29) is 0 Å². The van der Waals surface area contributed by atoms with E-state index in [4.69, 9.17) is 9.72 Å². The van der Waals surface area contributed by atoms with E-state index in [0.717, 1.165) is 47.9 Å². The van der Waals surface area contributed by atoms with Crippen molar-refractivity contribution in [2.75, 3.05) is 19.1 Å². The minimum Gasteiger partial charge on any atom is -0.497 e. The van der Waals surface area contributed by atoms with Crippen molar-refractivity contribution in [3.8, 4) is 5.75 Å². The minimum atomic E-state index is 0.829. The molecule has 0 saturated carbocycles. The van der Waals surface area contributed by atoms with Gasteiger partial charge in [-0.3, -0.25) is 0 Å². The molecule has 0 aliphatic carbocycles. The number of fused-ring (bicyclic) bond motifs is 2. The Bertz CT molecular complexity index is 1430. The SMILES string of the molecule is COc1ccc2[nH]cc(CCCc3nccc(N(C)c4ccc5c(c4)cc(C)n5C)n3)c2c1. The number of benzene rings is 2. The predicted octanol–water partition coefficient (Wildman–Crippen LogP) is 5.71. The molecular weight excluding hydrogens is 410 g/mol. The number of aryl methyl sites for hydroxylation is 4. The summed E-state index contributed by atoms with van der Waals surface area (Å²) in [5.74, 6) is 2.66. The molecule has 0 saturated heterocycles. The maximum atomic E-state index is 5.38. The van der Waals surface area contributed by atoms with Crippen LogP contribution in [0.1, 0.15) is 23.5 Å². The van der Waals surface area contributed by atoms with E-state index in [2.05, 4.69) is 83.0 Å². The Kier molecular flexibility index (Phi) is 5.50. The van der Waals surface area contributed by atoms with Crippen molar-refractivity contribution in [1.82, 2.24) is 19.5 Å². The number of aromatic nitrogens is 4. The first kappa shape index (κ1) is 21.1. The molecule has 6 heteroatoms. The predicted molar refractivity (Wildman–Crippen MR) is 135 cm³/mol. The van der Waals surface area contributed by atoms with Gasteiger partial charge in [0.2, 0.25) is 0 Å². The molecule has 0 bridgehead atoms. The van der Waals surface area contributed by atoms with E-state index in [0.29, 0.717) is 0 Å². The fraction of sp³-hybridized carbons (Fsp3) is 0.259. The van der Waals surface area contributed by atoms with Gasteiger partial charge in [0.05, 0.1) is 7.11 Å². The summed E-state index contributed by atoms with van der Waals surface area (Å²) in [6, 6.07) is 16.9. The van der Waals surface area contributed by atoms with Crippen molar-refractivity contribution in [3.63, 3.8) is 0 Å². The van der Waals surface area contributed by atoms with Gasteiger partial charge in [-0.2, -0.15) is 0 Å². The van der Waals surface area contributed by atoms with Gasteiger partial charge in [0.25, 0.3) is 0 Å². The number of methoxy groups -OCH3 is 1. The average molecular weight is 440 g/mol. The fourth-order valence-electron chi connectivity index (χ4n) is 4.44. The molecule has 5 rings (SSSR count). The lowest BCUT2D eigenvalue weighted by Crippen LogP contribution is -2.12. The van der Waals surface area contributed by atoms with Crippen LogP contribution in [0.3, 0.4) is 0 Å². The lowest BCUT2D eigenvalue weighted by Gasteiger charge is -2.19. The normalized spacial score (nSPS) is 11.4. The zero-order valence-corrected chi connectivity index (χ0v) is 19.6. The summed E-state index contributed by atoms with van der Waals surface area (Å²) in [5, 5.41) is 2.46. The third-order valence-electron chi connectivity index (χ3n) is 6.51. The number of hydrogen-bond acceptors (Lipinski definition) is 4. The highest BCUT2D eigenvalue weighted by Gasteiger charge is 2.11. The highest BCUT2D eigenvalue weighted by Crippen LogP contribution is 2.28. The minimum absolute atomic E-state index is 0.829. The molecule has 6 nitrogen and oxygen atoms in total.